The van der Waals surface area contributed by atoms with Crippen molar-refractivity contribution in [1.82, 2.24) is 35.1 Å². The highest BCUT2D eigenvalue weighted by Crippen LogP contribution is 2.28. The van der Waals surface area contributed by atoms with E-state index in [0.717, 1.165) is 46.4 Å². The summed E-state index contributed by atoms with van der Waals surface area (Å²) in [4.78, 5) is 47.8. The number of aromatic amines is 1. The van der Waals surface area contributed by atoms with Gasteiger partial charge in [-0.3, -0.25) is 9.89 Å². The van der Waals surface area contributed by atoms with Gasteiger partial charge in [0.15, 0.2) is 0 Å². The lowest BCUT2D eigenvalue weighted by Gasteiger charge is -2.41. The van der Waals surface area contributed by atoms with Gasteiger partial charge in [-0.05, 0) is 55.6 Å². The van der Waals surface area contributed by atoms with E-state index in [0.29, 0.717) is 52.0 Å². The van der Waals surface area contributed by atoms with Crippen LogP contribution in [-0.2, 0) is 17.8 Å². The van der Waals surface area contributed by atoms with Crippen LogP contribution in [0, 0.1) is 6.92 Å². The van der Waals surface area contributed by atoms with E-state index in [9.17, 15) is 14.4 Å². The Morgan fingerprint density at radius 3 is 2.59 bits per heavy atom. The second kappa shape index (κ2) is 11.4. The fourth-order valence-electron chi connectivity index (χ4n) is 6.25. The van der Waals surface area contributed by atoms with Crippen molar-refractivity contribution in [1.29, 1.82) is 0 Å². The lowest BCUT2D eigenvalue weighted by atomic mass is 10.00. The zero-order valence-electron chi connectivity index (χ0n) is 23.7. The molecule has 5 amide bonds. The minimum absolute atomic E-state index is 0.0464. The number of nitrogens with zero attached hydrogens (tertiary/aromatic N) is 5. The number of rotatable bonds is 5. The molecule has 0 aliphatic carbocycles. The van der Waals surface area contributed by atoms with Crippen LogP contribution in [0.15, 0.2) is 42.6 Å². The van der Waals surface area contributed by atoms with E-state index in [1.807, 2.05) is 47.1 Å². The van der Waals surface area contributed by atoms with E-state index in [-0.39, 0.29) is 24.0 Å². The van der Waals surface area contributed by atoms with Crippen LogP contribution in [0.25, 0.3) is 10.9 Å². The molecule has 3 aliphatic heterocycles. The van der Waals surface area contributed by atoms with Crippen molar-refractivity contribution < 1.29 is 14.4 Å². The lowest BCUT2D eigenvalue weighted by molar-refractivity contribution is -0.134. The highest BCUT2D eigenvalue weighted by Gasteiger charge is 2.34. The van der Waals surface area contributed by atoms with Crippen LogP contribution in [0.4, 0.5) is 15.3 Å². The van der Waals surface area contributed by atoms with Crippen molar-refractivity contribution in [3.05, 3.63) is 59.3 Å². The summed E-state index contributed by atoms with van der Waals surface area (Å²) >= 11 is 0. The van der Waals surface area contributed by atoms with Gasteiger partial charge in [-0.15, -0.1) is 0 Å². The molecule has 0 bridgehead atoms. The molecule has 1 aromatic heterocycles. The van der Waals surface area contributed by atoms with E-state index in [1.165, 1.54) is 0 Å². The fraction of sp³-hybridized carbons (Fsp3) is 0.467. The maximum atomic E-state index is 13.7. The first-order valence-corrected chi connectivity index (χ1v) is 14.5. The van der Waals surface area contributed by atoms with Crippen molar-refractivity contribution >= 4 is 34.6 Å². The standard InChI is InChI=1S/C30H38N8O3/c1-20-15-21(16-23-18-31-34-27(20)23)17-26(28(39)36-13-11-35(2)12-14-36)33-29(40)37-9-7-24(8-10-37)38-19-22-5-3-4-6-25(22)32-30(38)41/h3-6,15-16,18,24,26H,7-14,17,19H2,1-2H3,(H,31,34)(H,32,41)(H,33,40). The number of benzene rings is 2. The second-order valence-corrected chi connectivity index (χ2v) is 11.5. The quantitative estimate of drug-likeness (QED) is 0.445. The van der Waals surface area contributed by atoms with Gasteiger partial charge in [-0.1, -0.05) is 24.3 Å². The smallest absolute Gasteiger partial charge is 0.322 e. The molecule has 3 N–H and O–H groups in total. The molecule has 2 aromatic carbocycles. The molecule has 216 valence electrons. The van der Waals surface area contributed by atoms with Gasteiger partial charge >= 0.3 is 12.1 Å². The average Bonchev–Trinajstić information content (AvgIpc) is 3.46. The normalized spacial score (nSPS) is 19.2. The first-order chi connectivity index (χ1) is 19.9. The second-order valence-electron chi connectivity index (χ2n) is 11.5. The van der Waals surface area contributed by atoms with Gasteiger partial charge in [0, 0.05) is 69.3 Å². The van der Waals surface area contributed by atoms with Crippen LogP contribution in [0.3, 0.4) is 0 Å². The number of amides is 5. The van der Waals surface area contributed by atoms with Crippen LogP contribution in [0.1, 0.15) is 29.5 Å². The molecule has 3 aliphatic rings. The van der Waals surface area contributed by atoms with E-state index in [1.54, 1.807) is 11.1 Å². The highest BCUT2D eigenvalue weighted by molar-refractivity contribution is 5.92. The Bertz CT molecular complexity index is 1440. The largest absolute Gasteiger partial charge is 0.338 e. The summed E-state index contributed by atoms with van der Waals surface area (Å²) in [5.41, 5.74) is 4.98. The van der Waals surface area contributed by atoms with Crippen molar-refractivity contribution in [2.75, 3.05) is 51.6 Å². The Kier molecular flexibility index (Phi) is 7.53. The van der Waals surface area contributed by atoms with Crippen LogP contribution in [0.2, 0.25) is 0 Å². The summed E-state index contributed by atoms with van der Waals surface area (Å²) in [5, 5.41) is 14.2. The molecule has 6 rings (SSSR count). The van der Waals surface area contributed by atoms with Crippen LogP contribution in [-0.4, -0.2) is 106 Å². The first kappa shape index (κ1) is 27.1. The molecular weight excluding hydrogens is 520 g/mol. The Labute approximate surface area is 239 Å². The summed E-state index contributed by atoms with van der Waals surface area (Å²) in [5.74, 6) is -0.0464. The SMILES string of the molecule is Cc1cc(CC(NC(=O)N2CCC(N3Cc4ccccc4NC3=O)CC2)C(=O)N2CCN(C)CC2)cc2cn[nH]c12. The number of piperazine rings is 1. The summed E-state index contributed by atoms with van der Waals surface area (Å²) in [6.07, 6.45) is 3.57. The third-order valence-electron chi connectivity index (χ3n) is 8.71. The van der Waals surface area contributed by atoms with Gasteiger partial charge in [0.05, 0.1) is 11.7 Å². The average molecular weight is 559 g/mol. The maximum absolute atomic E-state index is 13.7. The number of anilines is 1. The molecule has 11 heteroatoms. The number of carbonyl (C=O) groups is 3. The molecule has 2 saturated heterocycles. The van der Waals surface area contributed by atoms with E-state index in [2.05, 4.69) is 38.8 Å². The summed E-state index contributed by atoms with van der Waals surface area (Å²) < 4.78 is 0. The predicted octanol–water partition coefficient (Wildman–Crippen LogP) is 2.78. The third-order valence-corrected chi connectivity index (χ3v) is 8.71. The molecular formula is C30H38N8O3. The van der Waals surface area contributed by atoms with Crippen LogP contribution in [0.5, 0.6) is 0 Å². The summed E-state index contributed by atoms with van der Waals surface area (Å²) in [6.45, 7) is 6.56. The number of hydrogen-bond acceptors (Lipinski definition) is 5. The minimum Gasteiger partial charge on any atom is -0.338 e. The van der Waals surface area contributed by atoms with Crippen LogP contribution < -0.4 is 10.6 Å². The number of likely N-dealkylation sites (N-methyl/N-ethyl adjacent to an activating group) is 1. The molecule has 2 fully saturated rings. The maximum Gasteiger partial charge on any atom is 0.322 e. The molecule has 1 unspecified atom stereocenters. The monoisotopic (exact) mass is 558 g/mol. The Morgan fingerprint density at radius 1 is 1.05 bits per heavy atom. The molecule has 0 saturated carbocycles. The number of aromatic nitrogens is 2. The van der Waals surface area contributed by atoms with Crippen molar-refractivity contribution in [2.24, 2.45) is 0 Å². The minimum atomic E-state index is -0.670. The number of hydrogen-bond donors (Lipinski definition) is 3. The van der Waals surface area contributed by atoms with Gasteiger partial charge in [0.2, 0.25) is 5.91 Å². The number of aryl methyl sites for hydroxylation is 1. The van der Waals surface area contributed by atoms with Crippen molar-refractivity contribution in [3.63, 3.8) is 0 Å². The van der Waals surface area contributed by atoms with Gasteiger partial charge in [-0.25, -0.2) is 9.59 Å². The predicted molar refractivity (Wildman–Crippen MR) is 157 cm³/mol. The Hall–Kier alpha value is -4.12. The first-order valence-electron chi connectivity index (χ1n) is 14.5. The molecule has 3 aromatic rings. The van der Waals surface area contributed by atoms with Gasteiger partial charge in [0.1, 0.15) is 6.04 Å². The number of piperidine rings is 1. The lowest BCUT2D eigenvalue weighted by Crippen LogP contribution is -2.58. The fourth-order valence-corrected chi connectivity index (χ4v) is 6.25. The van der Waals surface area contributed by atoms with E-state index in [4.69, 9.17) is 0 Å². The number of H-pyrrole nitrogens is 1. The number of urea groups is 2. The Balaban J connectivity index is 1.12. The van der Waals surface area contributed by atoms with Crippen molar-refractivity contribution in [2.45, 2.75) is 44.8 Å². The molecule has 4 heterocycles. The number of likely N-dealkylation sites (tertiary alicyclic amines) is 1. The van der Waals surface area contributed by atoms with Crippen LogP contribution >= 0.6 is 0 Å². The van der Waals surface area contributed by atoms with Gasteiger partial charge in [-0.2, -0.15) is 5.10 Å². The number of para-hydroxylation sites is 1. The zero-order valence-corrected chi connectivity index (χ0v) is 23.7. The van der Waals surface area contributed by atoms with E-state index < -0.39 is 6.04 Å². The van der Waals surface area contributed by atoms with Gasteiger partial charge in [0.25, 0.3) is 0 Å². The van der Waals surface area contributed by atoms with Gasteiger partial charge < -0.3 is 30.2 Å². The summed E-state index contributed by atoms with van der Waals surface area (Å²) in [7, 11) is 2.06. The highest BCUT2D eigenvalue weighted by atomic mass is 16.2. The number of carbonyl (C=O) groups excluding carboxylic acids is 3. The third kappa shape index (κ3) is 5.72. The summed E-state index contributed by atoms with van der Waals surface area (Å²) in [6, 6.07) is 11.0. The number of fused-ring (bicyclic) bond motifs is 2. The molecule has 1 atom stereocenters. The molecule has 0 radical (unpaired) electrons. The number of nitrogens with one attached hydrogen (secondary N) is 3. The molecule has 0 spiro atoms. The molecule has 11 nitrogen and oxygen atoms in total. The topological polar surface area (TPSA) is 117 Å². The Morgan fingerprint density at radius 2 is 1.80 bits per heavy atom. The van der Waals surface area contributed by atoms with E-state index >= 15 is 0 Å². The van der Waals surface area contributed by atoms with Crippen molar-refractivity contribution in [3.8, 4) is 0 Å². The zero-order chi connectivity index (χ0) is 28.5. The molecule has 41 heavy (non-hydrogen) atoms.